The van der Waals surface area contributed by atoms with Crippen LogP contribution >= 0.6 is 0 Å². The van der Waals surface area contributed by atoms with Crippen molar-refractivity contribution in [3.63, 3.8) is 0 Å². The van der Waals surface area contributed by atoms with Crippen LogP contribution in [0.1, 0.15) is 19.4 Å². The molecule has 0 spiro atoms. The number of hydrogen-bond donors (Lipinski definition) is 1. The van der Waals surface area contributed by atoms with Gasteiger partial charge in [0.1, 0.15) is 15.6 Å². The zero-order chi connectivity index (χ0) is 15.0. The van der Waals surface area contributed by atoms with Crippen molar-refractivity contribution in [2.45, 2.75) is 26.9 Å². The molecule has 0 bridgehead atoms. The molecule has 0 aliphatic heterocycles. The third kappa shape index (κ3) is 5.40. The zero-order valence-electron chi connectivity index (χ0n) is 11.7. The van der Waals surface area contributed by atoms with Crippen molar-refractivity contribution in [1.29, 1.82) is 0 Å². The number of nitrogens with zero attached hydrogens (tertiary/aromatic N) is 2. The van der Waals surface area contributed by atoms with Crippen molar-refractivity contribution in [3.8, 4) is 0 Å². The van der Waals surface area contributed by atoms with Gasteiger partial charge in [0.25, 0.3) is 0 Å². The second-order valence-corrected chi connectivity index (χ2v) is 3.96. The van der Waals surface area contributed by atoms with Crippen LogP contribution in [0, 0.1) is 6.92 Å². The van der Waals surface area contributed by atoms with Crippen molar-refractivity contribution < 1.29 is 24.2 Å². The molecular formula is C14H17N2O4+. The predicted octanol–water partition coefficient (Wildman–Crippen LogP) is 2.32. The van der Waals surface area contributed by atoms with E-state index in [1.807, 2.05) is 19.1 Å². The Hall–Kier alpha value is -2.55. The van der Waals surface area contributed by atoms with Crippen LogP contribution in [0.3, 0.4) is 0 Å². The molecule has 1 N–H and O–H groups in total. The summed E-state index contributed by atoms with van der Waals surface area (Å²) in [6.07, 6.45) is -0.933. The van der Waals surface area contributed by atoms with E-state index in [0.29, 0.717) is 5.69 Å². The van der Waals surface area contributed by atoms with Crippen molar-refractivity contribution in [3.05, 3.63) is 35.8 Å². The molecular weight excluding hydrogens is 260 g/mol. The summed E-state index contributed by atoms with van der Waals surface area (Å²) in [7, 11) is 0. The number of carbonyl (C=O) groups is 1. The minimum Gasteiger partial charge on any atom is -0.470 e. The van der Waals surface area contributed by atoms with E-state index >= 15 is 0 Å². The number of carbonyl (C=O) groups excluding carboxylic acids is 1. The molecule has 106 valence electrons. The molecule has 0 unspecified atom stereocenters. The number of rotatable bonds is 5. The molecule has 0 aromatic heterocycles. The molecule has 0 aliphatic carbocycles. The minimum absolute atomic E-state index is 0.244. The van der Waals surface area contributed by atoms with E-state index in [1.54, 1.807) is 19.1 Å². The number of ether oxygens (including phenoxy) is 2. The highest BCUT2D eigenvalue weighted by molar-refractivity contribution is 5.74. The van der Waals surface area contributed by atoms with Gasteiger partial charge in [-0.15, -0.1) is 0 Å². The fourth-order valence-corrected chi connectivity index (χ4v) is 1.24. The topological polar surface area (TPSA) is 82.2 Å². The van der Waals surface area contributed by atoms with E-state index in [0.717, 1.165) is 5.56 Å². The molecule has 0 saturated carbocycles. The van der Waals surface area contributed by atoms with Gasteiger partial charge in [0.05, 0.1) is 6.61 Å². The highest BCUT2D eigenvalue weighted by Gasteiger charge is 2.17. The maximum atomic E-state index is 11.3. The molecule has 1 rings (SSSR count). The van der Waals surface area contributed by atoms with Crippen LogP contribution < -0.4 is 0 Å². The first-order chi connectivity index (χ1) is 9.52. The van der Waals surface area contributed by atoms with Crippen LogP contribution in [0.5, 0.6) is 0 Å². The lowest BCUT2D eigenvalue weighted by molar-refractivity contribution is -0.155. The fourth-order valence-electron chi connectivity index (χ4n) is 1.24. The van der Waals surface area contributed by atoms with E-state index in [2.05, 4.69) is 15.8 Å². The van der Waals surface area contributed by atoms with Crippen LogP contribution in [0.4, 0.5) is 5.69 Å². The van der Waals surface area contributed by atoms with Crippen molar-refractivity contribution >= 4 is 17.5 Å². The minimum atomic E-state index is -0.933. The van der Waals surface area contributed by atoms with Gasteiger partial charge in [-0.25, -0.2) is 4.79 Å². The zero-order valence-corrected chi connectivity index (χ0v) is 11.7. The van der Waals surface area contributed by atoms with Gasteiger partial charge >= 0.3 is 17.8 Å². The van der Waals surface area contributed by atoms with E-state index in [-0.39, 0.29) is 6.61 Å². The summed E-state index contributed by atoms with van der Waals surface area (Å²) in [5, 5.41) is 13.2. The SMILES string of the molecule is CCOC(=O)[C@H](C)OC(O)=C=[N+]=Nc1ccc(C)cc1. The third-order valence-electron chi connectivity index (χ3n) is 2.25. The van der Waals surface area contributed by atoms with E-state index < -0.39 is 18.0 Å². The van der Waals surface area contributed by atoms with Gasteiger partial charge < -0.3 is 14.6 Å². The van der Waals surface area contributed by atoms with Crippen molar-refractivity contribution in [1.82, 2.24) is 0 Å². The maximum Gasteiger partial charge on any atom is 0.441 e. The monoisotopic (exact) mass is 277 g/mol. The quantitative estimate of drug-likeness (QED) is 0.294. The van der Waals surface area contributed by atoms with Gasteiger partial charge in [0.2, 0.25) is 0 Å². The summed E-state index contributed by atoms with van der Waals surface area (Å²) in [6, 6.07) is 7.33. The van der Waals surface area contributed by atoms with E-state index in [4.69, 9.17) is 9.47 Å². The Morgan fingerprint density at radius 1 is 1.45 bits per heavy atom. The predicted molar refractivity (Wildman–Crippen MR) is 71.9 cm³/mol. The van der Waals surface area contributed by atoms with E-state index in [9.17, 15) is 9.90 Å². The lowest BCUT2D eigenvalue weighted by Crippen LogP contribution is -2.23. The Balaban J connectivity index is 2.70. The first-order valence-corrected chi connectivity index (χ1v) is 6.15. The summed E-state index contributed by atoms with van der Waals surface area (Å²) >= 11 is 0. The van der Waals surface area contributed by atoms with Crippen LogP contribution in [0.2, 0.25) is 0 Å². The summed E-state index contributed by atoms with van der Waals surface area (Å²) in [5.74, 6) is 0.978. The maximum absolute atomic E-state index is 11.3. The highest BCUT2D eigenvalue weighted by atomic mass is 16.6. The Kier molecular flexibility index (Phi) is 6.04. The number of aliphatic hydroxyl groups is 1. The van der Waals surface area contributed by atoms with E-state index in [1.165, 1.54) is 6.92 Å². The summed E-state index contributed by atoms with van der Waals surface area (Å²) in [5.41, 5.74) is 1.73. The first kappa shape index (κ1) is 15.5. The Bertz CT molecular complexity index is 553. The van der Waals surface area contributed by atoms with Gasteiger partial charge in [0.15, 0.2) is 6.10 Å². The first-order valence-electron chi connectivity index (χ1n) is 6.15. The second-order valence-electron chi connectivity index (χ2n) is 3.96. The number of aliphatic hydroxyl groups excluding tert-OH is 1. The lowest BCUT2D eigenvalue weighted by Gasteiger charge is -2.08. The average Bonchev–Trinajstić information content (AvgIpc) is 2.41. The molecule has 0 fully saturated rings. The second kappa shape index (κ2) is 7.79. The molecule has 0 radical (unpaired) electrons. The molecule has 6 nitrogen and oxygen atoms in total. The standard InChI is InChI=1S/C14H16N2O4/c1-4-19-14(18)11(3)20-13(17)9-15-16-12-7-5-10(2)6-8-12/h5-8,11H,4H2,1-3H3/p+1/t11-/m0/s1. The average molecular weight is 277 g/mol. The molecule has 20 heavy (non-hydrogen) atoms. The van der Waals surface area contributed by atoms with Crippen molar-refractivity contribution in [2.24, 2.45) is 5.11 Å². The molecule has 0 amide bonds. The van der Waals surface area contributed by atoms with Gasteiger partial charge in [-0.2, -0.15) is 0 Å². The fraction of sp³-hybridized carbons (Fsp3) is 0.357. The largest absolute Gasteiger partial charge is 0.470 e. The molecule has 1 atom stereocenters. The Morgan fingerprint density at radius 2 is 2.10 bits per heavy atom. The summed E-state index contributed by atoms with van der Waals surface area (Å²) in [4.78, 5) is 14.8. The Morgan fingerprint density at radius 3 is 2.70 bits per heavy atom. The Labute approximate surface area is 117 Å². The number of aryl methyl sites for hydroxylation is 1. The third-order valence-corrected chi connectivity index (χ3v) is 2.25. The molecule has 0 saturated heterocycles. The summed E-state index contributed by atoms with van der Waals surface area (Å²) < 4.78 is 9.57. The molecule has 1 aromatic rings. The molecule has 0 aliphatic rings. The van der Waals surface area contributed by atoms with Crippen LogP contribution in [-0.4, -0.2) is 34.4 Å². The molecule has 1 aromatic carbocycles. The van der Waals surface area contributed by atoms with Crippen LogP contribution in [0.25, 0.3) is 0 Å². The molecule has 6 heteroatoms. The van der Waals surface area contributed by atoms with Crippen LogP contribution in [0.15, 0.2) is 35.3 Å². The summed E-state index contributed by atoms with van der Waals surface area (Å²) in [6.45, 7) is 5.34. The highest BCUT2D eigenvalue weighted by Crippen LogP contribution is 2.10. The lowest BCUT2D eigenvalue weighted by atomic mass is 10.2. The number of esters is 1. The van der Waals surface area contributed by atoms with Gasteiger partial charge in [-0.05, 0) is 32.9 Å². The molecule has 0 heterocycles. The smallest absolute Gasteiger partial charge is 0.441 e. The number of hydrogen-bond acceptors (Lipinski definition) is 5. The van der Waals surface area contributed by atoms with Gasteiger partial charge in [-0.1, -0.05) is 17.7 Å². The van der Waals surface area contributed by atoms with Gasteiger partial charge in [-0.3, -0.25) is 0 Å². The van der Waals surface area contributed by atoms with Gasteiger partial charge in [0, 0.05) is 0 Å². The van der Waals surface area contributed by atoms with Crippen LogP contribution in [-0.2, 0) is 14.3 Å². The van der Waals surface area contributed by atoms with Crippen molar-refractivity contribution in [2.75, 3.05) is 6.61 Å². The number of benzene rings is 1. The normalized spacial score (nSPS) is 10.8.